The van der Waals surface area contributed by atoms with E-state index in [-0.39, 0.29) is 6.03 Å². The molecule has 4 heteroatoms. The summed E-state index contributed by atoms with van der Waals surface area (Å²) in [6, 6.07) is 0.117. The third-order valence-corrected chi connectivity index (χ3v) is 2.70. The topological polar surface area (TPSA) is 44.4 Å². The Bertz CT molecular complexity index is 179. The fourth-order valence-corrected chi connectivity index (χ4v) is 1.79. The molecule has 0 aromatic rings. The van der Waals surface area contributed by atoms with Crippen molar-refractivity contribution in [3.8, 4) is 0 Å². The summed E-state index contributed by atoms with van der Waals surface area (Å²) < 4.78 is 0. The number of hydrogen-bond acceptors (Lipinski definition) is 2. The molecular formula is C11H23N3O. The molecule has 1 aliphatic heterocycles. The number of amides is 2. The Labute approximate surface area is 92.4 Å². The van der Waals surface area contributed by atoms with Crippen LogP contribution >= 0.6 is 0 Å². The van der Waals surface area contributed by atoms with Crippen LogP contribution in [-0.2, 0) is 0 Å². The van der Waals surface area contributed by atoms with E-state index in [1.165, 1.54) is 6.42 Å². The third kappa shape index (κ3) is 5.02. The van der Waals surface area contributed by atoms with Crippen LogP contribution in [0.3, 0.4) is 0 Å². The van der Waals surface area contributed by atoms with Crippen LogP contribution in [0, 0.1) is 0 Å². The van der Waals surface area contributed by atoms with Crippen LogP contribution in [0.15, 0.2) is 0 Å². The van der Waals surface area contributed by atoms with E-state index in [1.54, 1.807) is 0 Å². The van der Waals surface area contributed by atoms with Crippen LogP contribution in [0.2, 0.25) is 0 Å². The SMILES string of the molecule is CCNCCCNC(=O)N1CCCCC1. The first-order valence-electron chi connectivity index (χ1n) is 6.08. The highest BCUT2D eigenvalue weighted by molar-refractivity contribution is 5.74. The van der Waals surface area contributed by atoms with Crippen molar-refractivity contribution in [3.63, 3.8) is 0 Å². The van der Waals surface area contributed by atoms with E-state index in [0.717, 1.165) is 52.0 Å². The predicted octanol–water partition coefficient (Wildman–Crippen LogP) is 1.18. The molecular weight excluding hydrogens is 190 g/mol. The molecule has 2 amide bonds. The summed E-state index contributed by atoms with van der Waals surface area (Å²) in [6.07, 6.45) is 4.59. The van der Waals surface area contributed by atoms with Gasteiger partial charge in [-0.3, -0.25) is 0 Å². The summed E-state index contributed by atoms with van der Waals surface area (Å²) in [6.45, 7) is 6.71. The largest absolute Gasteiger partial charge is 0.338 e. The second-order valence-corrected chi connectivity index (χ2v) is 3.99. The summed E-state index contributed by atoms with van der Waals surface area (Å²) in [4.78, 5) is 13.6. The van der Waals surface area contributed by atoms with E-state index in [9.17, 15) is 4.79 Å². The van der Waals surface area contributed by atoms with Crippen molar-refractivity contribution in [1.82, 2.24) is 15.5 Å². The smallest absolute Gasteiger partial charge is 0.317 e. The third-order valence-electron chi connectivity index (χ3n) is 2.70. The number of hydrogen-bond donors (Lipinski definition) is 2. The van der Waals surface area contributed by atoms with Gasteiger partial charge in [0.05, 0.1) is 0 Å². The van der Waals surface area contributed by atoms with Gasteiger partial charge in [0, 0.05) is 19.6 Å². The van der Waals surface area contributed by atoms with Gasteiger partial charge in [0.1, 0.15) is 0 Å². The molecule has 0 aromatic heterocycles. The number of rotatable bonds is 5. The van der Waals surface area contributed by atoms with E-state index >= 15 is 0 Å². The second-order valence-electron chi connectivity index (χ2n) is 3.99. The van der Waals surface area contributed by atoms with Crippen molar-refractivity contribution in [2.75, 3.05) is 32.7 Å². The Kier molecular flexibility index (Phi) is 6.16. The molecule has 88 valence electrons. The number of carbonyl (C=O) groups is 1. The molecule has 0 aromatic carbocycles. The van der Waals surface area contributed by atoms with Crippen LogP contribution in [0.25, 0.3) is 0 Å². The lowest BCUT2D eigenvalue weighted by molar-refractivity contribution is 0.186. The molecule has 0 radical (unpaired) electrons. The molecule has 1 aliphatic rings. The first-order chi connectivity index (χ1) is 7.34. The molecule has 1 rings (SSSR count). The number of nitrogens with zero attached hydrogens (tertiary/aromatic N) is 1. The molecule has 0 aliphatic carbocycles. The minimum Gasteiger partial charge on any atom is -0.338 e. The van der Waals surface area contributed by atoms with E-state index in [2.05, 4.69) is 17.6 Å². The van der Waals surface area contributed by atoms with E-state index < -0.39 is 0 Å². The van der Waals surface area contributed by atoms with Crippen LogP contribution in [0.1, 0.15) is 32.6 Å². The monoisotopic (exact) mass is 213 g/mol. The molecule has 1 fully saturated rings. The molecule has 0 saturated carbocycles. The van der Waals surface area contributed by atoms with Crippen LogP contribution in [0.4, 0.5) is 4.79 Å². The zero-order chi connectivity index (χ0) is 10.9. The lowest BCUT2D eigenvalue weighted by Crippen LogP contribution is -2.43. The van der Waals surface area contributed by atoms with Gasteiger partial charge in [0.2, 0.25) is 0 Å². The molecule has 0 spiro atoms. The quantitative estimate of drug-likeness (QED) is 0.674. The van der Waals surface area contributed by atoms with Crippen molar-refractivity contribution in [3.05, 3.63) is 0 Å². The summed E-state index contributed by atoms with van der Waals surface area (Å²) in [5.74, 6) is 0. The Morgan fingerprint density at radius 1 is 1.20 bits per heavy atom. The number of nitrogens with one attached hydrogen (secondary N) is 2. The summed E-state index contributed by atoms with van der Waals surface area (Å²) >= 11 is 0. The highest BCUT2D eigenvalue weighted by Crippen LogP contribution is 2.08. The summed E-state index contributed by atoms with van der Waals surface area (Å²) in [5.41, 5.74) is 0. The Balaban J connectivity index is 2.02. The number of likely N-dealkylation sites (tertiary alicyclic amines) is 1. The normalized spacial score (nSPS) is 16.5. The van der Waals surface area contributed by atoms with Gasteiger partial charge in [0.15, 0.2) is 0 Å². The second kappa shape index (κ2) is 7.51. The Morgan fingerprint density at radius 3 is 2.60 bits per heavy atom. The minimum atomic E-state index is 0.117. The maximum absolute atomic E-state index is 11.6. The van der Waals surface area contributed by atoms with Gasteiger partial charge in [-0.15, -0.1) is 0 Å². The summed E-state index contributed by atoms with van der Waals surface area (Å²) in [7, 11) is 0. The fraction of sp³-hybridized carbons (Fsp3) is 0.909. The molecule has 0 atom stereocenters. The Morgan fingerprint density at radius 2 is 1.93 bits per heavy atom. The molecule has 2 N–H and O–H groups in total. The van der Waals surface area contributed by atoms with Gasteiger partial charge in [-0.1, -0.05) is 6.92 Å². The van der Waals surface area contributed by atoms with Crippen molar-refractivity contribution in [2.45, 2.75) is 32.6 Å². The first kappa shape index (κ1) is 12.3. The number of piperidine rings is 1. The van der Waals surface area contributed by atoms with Crippen LogP contribution in [0.5, 0.6) is 0 Å². The molecule has 15 heavy (non-hydrogen) atoms. The van der Waals surface area contributed by atoms with Gasteiger partial charge >= 0.3 is 6.03 Å². The van der Waals surface area contributed by atoms with Crippen LogP contribution in [-0.4, -0.2) is 43.7 Å². The lowest BCUT2D eigenvalue weighted by atomic mass is 10.1. The molecule has 0 unspecified atom stereocenters. The van der Waals surface area contributed by atoms with Gasteiger partial charge < -0.3 is 15.5 Å². The Hall–Kier alpha value is -0.770. The fourth-order valence-electron chi connectivity index (χ4n) is 1.79. The first-order valence-corrected chi connectivity index (χ1v) is 6.08. The minimum absolute atomic E-state index is 0.117. The van der Waals surface area contributed by atoms with E-state index in [4.69, 9.17) is 0 Å². The van der Waals surface area contributed by atoms with Crippen molar-refractivity contribution >= 4 is 6.03 Å². The highest BCUT2D eigenvalue weighted by atomic mass is 16.2. The van der Waals surface area contributed by atoms with E-state index in [1.807, 2.05) is 4.90 Å². The zero-order valence-electron chi connectivity index (χ0n) is 9.72. The summed E-state index contributed by atoms with van der Waals surface area (Å²) in [5, 5.41) is 6.19. The van der Waals surface area contributed by atoms with Gasteiger partial charge in [-0.2, -0.15) is 0 Å². The molecule has 0 bridgehead atoms. The van der Waals surface area contributed by atoms with E-state index in [0.29, 0.717) is 0 Å². The highest BCUT2D eigenvalue weighted by Gasteiger charge is 2.14. The predicted molar refractivity (Wildman–Crippen MR) is 62.0 cm³/mol. The molecule has 4 nitrogen and oxygen atoms in total. The zero-order valence-corrected chi connectivity index (χ0v) is 9.72. The number of urea groups is 1. The molecule has 1 saturated heterocycles. The lowest BCUT2D eigenvalue weighted by Gasteiger charge is -2.26. The van der Waals surface area contributed by atoms with Crippen molar-refractivity contribution in [2.24, 2.45) is 0 Å². The van der Waals surface area contributed by atoms with Gasteiger partial charge in [-0.25, -0.2) is 4.79 Å². The van der Waals surface area contributed by atoms with Gasteiger partial charge in [-0.05, 0) is 38.8 Å². The van der Waals surface area contributed by atoms with Gasteiger partial charge in [0.25, 0.3) is 0 Å². The standard InChI is InChI=1S/C11H23N3O/c1-2-12-7-6-8-13-11(15)14-9-4-3-5-10-14/h12H,2-10H2,1H3,(H,13,15). The van der Waals surface area contributed by atoms with Crippen LogP contribution < -0.4 is 10.6 Å². The maximum atomic E-state index is 11.6. The van der Waals surface area contributed by atoms with Crippen molar-refractivity contribution in [1.29, 1.82) is 0 Å². The average Bonchev–Trinajstić information content (AvgIpc) is 2.30. The average molecular weight is 213 g/mol. The maximum Gasteiger partial charge on any atom is 0.317 e. The van der Waals surface area contributed by atoms with Crippen molar-refractivity contribution < 1.29 is 4.79 Å². The molecule has 1 heterocycles. The number of carbonyl (C=O) groups excluding carboxylic acids is 1.